The molecule has 0 fully saturated rings. The van der Waals surface area contributed by atoms with Crippen molar-refractivity contribution in [3.8, 4) is 22.9 Å². The van der Waals surface area contributed by atoms with Crippen LogP contribution in [0.2, 0.25) is 0 Å². The van der Waals surface area contributed by atoms with Crippen LogP contribution in [0.5, 0.6) is 11.5 Å². The lowest BCUT2D eigenvalue weighted by Gasteiger charge is -2.11. The summed E-state index contributed by atoms with van der Waals surface area (Å²) in [4.78, 5) is 25.0. The first-order valence-corrected chi connectivity index (χ1v) is 12.5. The highest BCUT2D eigenvalue weighted by molar-refractivity contribution is 7.99. The highest BCUT2D eigenvalue weighted by atomic mass is 32.2. The number of aromatic nitrogens is 3. The summed E-state index contributed by atoms with van der Waals surface area (Å²) in [5.41, 5.74) is 4.15. The van der Waals surface area contributed by atoms with Gasteiger partial charge in [0.1, 0.15) is 0 Å². The fraction of sp³-hybridized carbons (Fsp3) is 0.185. The zero-order valence-electron chi connectivity index (χ0n) is 19.4. The molecular weight excluding hydrogens is 476 g/mol. The maximum absolute atomic E-state index is 13.1. The van der Waals surface area contributed by atoms with E-state index in [-0.39, 0.29) is 30.2 Å². The van der Waals surface area contributed by atoms with Crippen LogP contribution in [0.4, 0.5) is 5.69 Å². The SMILES string of the molecule is C[C@@H]1C(=O)Nc2ccc(C(=O)CSc3nnc(-c4ccccc4)n3Cc3ccc4c(c3)OCO4)cc21. The van der Waals surface area contributed by atoms with Crippen molar-refractivity contribution in [2.75, 3.05) is 17.9 Å². The molecule has 1 N–H and O–H groups in total. The van der Waals surface area contributed by atoms with E-state index in [1.54, 1.807) is 12.1 Å². The molecule has 0 saturated heterocycles. The van der Waals surface area contributed by atoms with Crippen LogP contribution in [0.25, 0.3) is 11.4 Å². The number of nitrogens with one attached hydrogen (secondary N) is 1. The fourth-order valence-corrected chi connectivity index (χ4v) is 5.20. The second-order valence-corrected chi connectivity index (χ2v) is 9.61. The summed E-state index contributed by atoms with van der Waals surface area (Å²) in [5.74, 6) is 2.01. The number of thioether (sulfide) groups is 1. The van der Waals surface area contributed by atoms with E-state index in [9.17, 15) is 9.59 Å². The standard InChI is InChI=1S/C27H22N4O4S/c1-16-20-12-19(8-9-21(20)28-26(16)33)22(32)14-36-27-30-29-25(18-5-3-2-4-6-18)31(27)13-17-7-10-23-24(11-17)35-15-34-23/h2-12,16H,13-15H2,1H3,(H,28,33)/t16-/m0/s1. The van der Waals surface area contributed by atoms with E-state index in [2.05, 4.69) is 15.5 Å². The molecule has 180 valence electrons. The van der Waals surface area contributed by atoms with Gasteiger partial charge in [-0.2, -0.15) is 0 Å². The minimum atomic E-state index is -0.265. The number of hydrogen-bond acceptors (Lipinski definition) is 7. The Labute approximate surface area is 211 Å². The second kappa shape index (κ2) is 9.16. The summed E-state index contributed by atoms with van der Waals surface area (Å²) in [6.07, 6.45) is 0. The monoisotopic (exact) mass is 498 g/mol. The third-order valence-electron chi connectivity index (χ3n) is 6.35. The highest BCUT2D eigenvalue weighted by Crippen LogP contribution is 2.35. The Bertz CT molecular complexity index is 1480. The van der Waals surface area contributed by atoms with E-state index in [1.807, 2.05) is 66.1 Å². The van der Waals surface area contributed by atoms with Gasteiger partial charge in [0.15, 0.2) is 28.3 Å². The lowest BCUT2D eigenvalue weighted by Crippen LogP contribution is -2.08. The van der Waals surface area contributed by atoms with Crippen LogP contribution in [0.15, 0.2) is 71.9 Å². The van der Waals surface area contributed by atoms with Crippen molar-refractivity contribution in [1.29, 1.82) is 0 Å². The van der Waals surface area contributed by atoms with Crippen LogP contribution in [0.1, 0.15) is 34.3 Å². The molecule has 0 unspecified atom stereocenters. The average Bonchev–Trinajstić information content (AvgIpc) is 3.60. The number of amides is 1. The van der Waals surface area contributed by atoms with Crippen LogP contribution >= 0.6 is 11.8 Å². The number of carbonyl (C=O) groups is 2. The molecule has 0 bridgehead atoms. The molecule has 3 heterocycles. The number of ether oxygens (including phenoxy) is 2. The number of Topliss-reactive ketones (excluding diaryl/α,β-unsaturated/α-hetero) is 1. The van der Waals surface area contributed by atoms with Gasteiger partial charge in [0.05, 0.1) is 18.2 Å². The maximum atomic E-state index is 13.1. The molecule has 2 aliphatic heterocycles. The number of nitrogens with zero attached hydrogens (tertiary/aromatic N) is 3. The molecule has 36 heavy (non-hydrogen) atoms. The van der Waals surface area contributed by atoms with E-state index in [4.69, 9.17) is 9.47 Å². The molecule has 4 aromatic rings. The predicted octanol–water partition coefficient (Wildman–Crippen LogP) is 4.75. The van der Waals surface area contributed by atoms with Crippen LogP contribution in [0, 0.1) is 0 Å². The predicted molar refractivity (Wildman–Crippen MR) is 136 cm³/mol. The molecule has 9 heteroatoms. The van der Waals surface area contributed by atoms with Gasteiger partial charge in [-0.25, -0.2) is 0 Å². The largest absolute Gasteiger partial charge is 0.454 e. The second-order valence-electron chi connectivity index (χ2n) is 8.67. The molecule has 3 aromatic carbocycles. The Balaban J connectivity index is 1.26. The number of rotatable bonds is 7. The van der Waals surface area contributed by atoms with Crippen molar-refractivity contribution in [3.63, 3.8) is 0 Å². The third-order valence-corrected chi connectivity index (χ3v) is 7.32. The Hall–Kier alpha value is -4.11. The molecule has 2 aliphatic rings. The molecule has 0 radical (unpaired) electrons. The Morgan fingerprint density at radius 1 is 1.06 bits per heavy atom. The van der Waals surface area contributed by atoms with Gasteiger partial charge in [-0.05, 0) is 48.4 Å². The third kappa shape index (κ3) is 4.11. The van der Waals surface area contributed by atoms with Gasteiger partial charge in [0.2, 0.25) is 12.7 Å². The quantitative estimate of drug-likeness (QED) is 0.290. The minimum absolute atomic E-state index is 0.0340. The first-order chi connectivity index (χ1) is 17.6. The van der Waals surface area contributed by atoms with Gasteiger partial charge < -0.3 is 14.8 Å². The zero-order chi connectivity index (χ0) is 24.6. The molecule has 1 aromatic heterocycles. The van der Waals surface area contributed by atoms with Gasteiger partial charge in [0.25, 0.3) is 0 Å². The number of benzene rings is 3. The van der Waals surface area contributed by atoms with Gasteiger partial charge in [-0.15, -0.1) is 10.2 Å². The molecule has 8 nitrogen and oxygen atoms in total. The van der Waals surface area contributed by atoms with Gasteiger partial charge in [-0.1, -0.05) is 48.2 Å². The van der Waals surface area contributed by atoms with E-state index >= 15 is 0 Å². The van der Waals surface area contributed by atoms with Crippen molar-refractivity contribution in [3.05, 3.63) is 83.4 Å². The average molecular weight is 499 g/mol. The number of fused-ring (bicyclic) bond motifs is 2. The topological polar surface area (TPSA) is 95.3 Å². The van der Waals surface area contributed by atoms with Crippen LogP contribution in [-0.2, 0) is 11.3 Å². The summed E-state index contributed by atoms with van der Waals surface area (Å²) in [6.45, 7) is 2.57. The van der Waals surface area contributed by atoms with E-state index < -0.39 is 0 Å². The van der Waals surface area contributed by atoms with Crippen LogP contribution < -0.4 is 14.8 Å². The van der Waals surface area contributed by atoms with E-state index in [0.717, 1.165) is 34.0 Å². The van der Waals surface area contributed by atoms with Crippen molar-refractivity contribution >= 4 is 29.1 Å². The van der Waals surface area contributed by atoms with E-state index in [0.29, 0.717) is 23.0 Å². The Morgan fingerprint density at radius 3 is 2.75 bits per heavy atom. The number of anilines is 1. The van der Waals surface area contributed by atoms with Crippen molar-refractivity contribution in [2.45, 2.75) is 24.5 Å². The molecule has 0 aliphatic carbocycles. The minimum Gasteiger partial charge on any atom is -0.454 e. The molecule has 0 saturated carbocycles. The van der Waals surface area contributed by atoms with Crippen molar-refractivity contribution in [2.24, 2.45) is 0 Å². The van der Waals surface area contributed by atoms with Gasteiger partial charge in [-0.3, -0.25) is 14.2 Å². The molecular formula is C27H22N4O4S. The van der Waals surface area contributed by atoms with Gasteiger partial charge in [0, 0.05) is 16.8 Å². The van der Waals surface area contributed by atoms with Crippen molar-refractivity contribution < 1.29 is 19.1 Å². The van der Waals surface area contributed by atoms with Crippen LogP contribution in [0.3, 0.4) is 0 Å². The first-order valence-electron chi connectivity index (χ1n) is 11.5. The van der Waals surface area contributed by atoms with E-state index in [1.165, 1.54) is 11.8 Å². The fourth-order valence-electron chi connectivity index (χ4n) is 4.36. The molecule has 6 rings (SSSR count). The highest BCUT2D eigenvalue weighted by Gasteiger charge is 2.27. The van der Waals surface area contributed by atoms with Gasteiger partial charge >= 0.3 is 0 Å². The maximum Gasteiger partial charge on any atom is 0.231 e. The summed E-state index contributed by atoms with van der Waals surface area (Å²) >= 11 is 1.35. The summed E-state index contributed by atoms with van der Waals surface area (Å²) < 4.78 is 13.0. The first kappa shape index (κ1) is 22.4. The Kier molecular flexibility index (Phi) is 5.69. The lowest BCUT2D eigenvalue weighted by molar-refractivity contribution is -0.116. The number of ketones is 1. The summed E-state index contributed by atoms with van der Waals surface area (Å²) in [7, 11) is 0. The summed E-state index contributed by atoms with van der Waals surface area (Å²) in [5, 5.41) is 12.4. The number of hydrogen-bond donors (Lipinski definition) is 1. The zero-order valence-corrected chi connectivity index (χ0v) is 20.2. The molecule has 0 spiro atoms. The smallest absolute Gasteiger partial charge is 0.231 e. The number of carbonyl (C=O) groups excluding carboxylic acids is 2. The lowest BCUT2D eigenvalue weighted by atomic mass is 9.99. The molecule has 1 atom stereocenters. The normalized spacial score (nSPS) is 15.6. The van der Waals surface area contributed by atoms with Crippen molar-refractivity contribution in [1.82, 2.24) is 14.8 Å². The Morgan fingerprint density at radius 2 is 1.89 bits per heavy atom. The summed E-state index contributed by atoms with van der Waals surface area (Å²) in [6, 6.07) is 21.1. The molecule has 1 amide bonds. The van der Waals surface area contributed by atoms with Crippen LogP contribution in [-0.4, -0.2) is 39.0 Å².